The topological polar surface area (TPSA) is 51.2 Å². The van der Waals surface area contributed by atoms with Crippen molar-refractivity contribution in [1.82, 2.24) is 10.3 Å². The number of aromatic nitrogens is 1. The van der Waals surface area contributed by atoms with Crippen LogP contribution in [0.4, 0.5) is 0 Å². The second-order valence-electron chi connectivity index (χ2n) is 6.39. The van der Waals surface area contributed by atoms with E-state index in [-0.39, 0.29) is 11.8 Å². The van der Waals surface area contributed by atoms with E-state index in [1.807, 2.05) is 54.6 Å². The summed E-state index contributed by atoms with van der Waals surface area (Å²) in [7, 11) is 0. The molecule has 4 heteroatoms. The van der Waals surface area contributed by atoms with E-state index in [9.17, 15) is 4.79 Å². The first-order valence-electron chi connectivity index (χ1n) is 8.83. The maximum absolute atomic E-state index is 12.7. The Hall–Kier alpha value is -3.14. The second kappa shape index (κ2) is 7.40. The summed E-state index contributed by atoms with van der Waals surface area (Å²) in [5, 5.41) is 3.05. The molecule has 0 spiro atoms. The summed E-state index contributed by atoms with van der Waals surface area (Å²) >= 11 is 0. The van der Waals surface area contributed by atoms with E-state index in [1.165, 1.54) is 5.56 Å². The molecular formula is C22H20N2O2. The molecular weight excluding hydrogens is 324 g/mol. The van der Waals surface area contributed by atoms with Crippen molar-refractivity contribution in [2.45, 2.75) is 25.3 Å². The van der Waals surface area contributed by atoms with Gasteiger partial charge in [0.2, 0.25) is 11.8 Å². The minimum absolute atomic E-state index is 0.0597. The number of hydrogen-bond acceptors (Lipinski definition) is 3. The molecule has 0 radical (unpaired) electrons. The molecule has 0 saturated carbocycles. The van der Waals surface area contributed by atoms with Gasteiger partial charge in [0, 0.05) is 18.3 Å². The average molecular weight is 344 g/mol. The highest BCUT2D eigenvalue weighted by Crippen LogP contribution is 2.33. The van der Waals surface area contributed by atoms with E-state index in [4.69, 9.17) is 4.74 Å². The number of pyridine rings is 1. The number of nitrogens with zero attached hydrogens (tertiary/aromatic N) is 1. The van der Waals surface area contributed by atoms with Crippen molar-refractivity contribution in [3.05, 3.63) is 89.6 Å². The quantitative estimate of drug-likeness (QED) is 0.754. The van der Waals surface area contributed by atoms with Gasteiger partial charge in [-0.3, -0.25) is 4.79 Å². The molecule has 0 aliphatic heterocycles. The Balaban J connectivity index is 1.45. The molecule has 3 aromatic rings. The van der Waals surface area contributed by atoms with Crippen LogP contribution in [0.1, 0.15) is 29.0 Å². The largest absolute Gasteiger partial charge is 0.439 e. The Morgan fingerprint density at radius 2 is 1.85 bits per heavy atom. The molecule has 4 nitrogen and oxygen atoms in total. The van der Waals surface area contributed by atoms with Crippen LogP contribution in [0.3, 0.4) is 0 Å². The average Bonchev–Trinajstić information content (AvgIpc) is 3.12. The number of rotatable bonds is 5. The summed E-state index contributed by atoms with van der Waals surface area (Å²) < 4.78 is 5.86. The normalized spacial score (nSPS) is 15.3. The number of nitrogens with one attached hydrogen (secondary N) is 1. The first-order chi connectivity index (χ1) is 12.8. The van der Waals surface area contributed by atoms with Crippen molar-refractivity contribution < 1.29 is 9.53 Å². The predicted octanol–water partition coefficient (Wildman–Crippen LogP) is 4.22. The lowest BCUT2D eigenvalue weighted by Gasteiger charge is -2.14. The first-order valence-corrected chi connectivity index (χ1v) is 8.83. The third-order valence-electron chi connectivity index (χ3n) is 4.71. The molecule has 26 heavy (non-hydrogen) atoms. The molecule has 2 aromatic carbocycles. The van der Waals surface area contributed by atoms with Crippen molar-refractivity contribution in [1.29, 1.82) is 0 Å². The highest BCUT2D eigenvalue weighted by atomic mass is 16.5. The van der Waals surface area contributed by atoms with Crippen LogP contribution in [-0.4, -0.2) is 10.9 Å². The Labute approximate surface area is 152 Å². The zero-order valence-corrected chi connectivity index (χ0v) is 14.4. The summed E-state index contributed by atoms with van der Waals surface area (Å²) in [6.07, 6.45) is 3.52. The molecule has 0 saturated heterocycles. The van der Waals surface area contributed by atoms with E-state index in [2.05, 4.69) is 22.4 Å². The summed E-state index contributed by atoms with van der Waals surface area (Å²) in [5.74, 6) is 1.24. The van der Waals surface area contributed by atoms with Gasteiger partial charge in [0.15, 0.2) is 0 Å². The predicted molar refractivity (Wildman–Crippen MR) is 100 cm³/mol. The van der Waals surface area contributed by atoms with Gasteiger partial charge >= 0.3 is 0 Å². The minimum atomic E-state index is -0.0682. The van der Waals surface area contributed by atoms with Gasteiger partial charge in [-0.2, -0.15) is 0 Å². The van der Waals surface area contributed by atoms with E-state index in [0.29, 0.717) is 12.4 Å². The number of carbonyl (C=O) groups is 1. The van der Waals surface area contributed by atoms with Gasteiger partial charge in [-0.15, -0.1) is 0 Å². The standard InChI is InChI=1S/C22H20N2O2/c25-21(20-13-12-16-7-4-5-11-19(16)20)24-15-17-8-6-14-23-22(17)26-18-9-2-1-3-10-18/h1-11,14,20H,12-13,15H2,(H,24,25)/t20-/m0/s1. The van der Waals surface area contributed by atoms with Crippen molar-refractivity contribution in [3.63, 3.8) is 0 Å². The molecule has 0 fully saturated rings. The van der Waals surface area contributed by atoms with Crippen LogP contribution >= 0.6 is 0 Å². The fraction of sp³-hybridized carbons (Fsp3) is 0.182. The van der Waals surface area contributed by atoms with Gasteiger partial charge in [-0.05, 0) is 42.2 Å². The van der Waals surface area contributed by atoms with Gasteiger partial charge in [0.05, 0.1) is 5.92 Å². The van der Waals surface area contributed by atoms with Crippen LogP contribution in [0.15, 0.2) is 72.9 Å². The Morgan fingerprint density at radius 3 is 2.73 bits per heavy atom. The van der Waals surface area contributed by atoms with E-state index < -0.39 is 0 Å². The van der Waals surface area contributed by atoms with E-state index in [1.54, 1.807) is 6.20 Å². The maximum Gasteiger partial charge on any atom is 0.227 e. The smallest absolute Gasteiger partial charge is 0.227 e. The number of amides is 1. The van der Waals surface area contributed by atoms with Crippen LogP contribution in [0.25, 0.3) is 0 Å². The van der Waals surface area contributed by atoms with Crippen LogP contribution in [0, 0.1) is 0 Å². The van der Waals surface area contributed by atoms with E-state index in [0.717, 1.165) is 29.7 Å². The van der Waals surface area contributed by atoms with Gasteiger partial charge in [0.1, 0.15) is 5.75 Å². The number of hydrogen-bond donors (Lipinski definition) is 1. The van der Waals surface area contributed by atoms with Crippen LogP contribution in [0.5, 0.6) is 11.6 Å². The van der Waals surface area contributed by atoms with Crippen LogP contribution < -0.4 is 10.1 Å². The number of ether oxygens (including phenoxy) is 1. The molecule has 4 rings (SSSR count). The molecule has 0 unspecified atom stereocenters. The lowest BCUT2D eigenvalue weighted by Crippen LogP contribution is -2.28. The molecule has 1 N–H and O–H groups in total. The fourth-order valence-corrected chi connectivity index (χ4v) is 3.39. The summed E-state index contributed by atoms with van der Waals surface area (Å²) in [4.78, 5) is 17.0. The maximum atomic E-state index is 12.7. The zero-order chi connectivity index (χ0) is 17.8. The highest BCUT2D eigenvalue weighted by molar-refractivity contribution is 5.84. The van der Waals surface area contributed by atoms with Crippen LogP contribution in [0.2, 0.25) is 0 Å². The number of aryl methyl sites for hydroxylation is 1. The molecule has 0 bridgehead atoms. The van der Waals surface area contributed by atoms with Gasteiger partial charge in [-0.1, -0.05) is 48.5 Å². The molecule has 1 aromatic heterocycles. The molecule has 1 aliphatic carbocycles. The molecule has 1 heterocycles. The minimum Gasteiger partial charge on any atom is -0.439 e. The van der Waals surface area contributed by atoms with Crippen molar-refractivity contribution in [2.24, 2.45) is 0 Å². The van der Waals surface area contributed by atoms with Crippen LogP contribution in [-0.2, 0) is 17.8 Å². The Kier molecular flexibility index (Phi) is 4.65. The Morgan fingerprint density at radius 1 is 1.04 bits per heavy atom. The Bertz CT molecular complexity index is 909. The lowest BCUT2D eigenvalue weighted by atomic mass is 10.0. The van der Waals surface area contributed by atoms with Gasteiger partial charge in [-0.25, -0.2) is 4.98 Å². The van der Waals surface area contributed by atoms with Crippen molar-refractivity contribution in [2.75, 3.05) is 0 Å². The molecule has 1 amide bonds. The number of fused-ring (bicyclic) bond motifs is 1. The number of para-hydroxylation sites is 1. The van der Waals surface area contributed by atoms with Gasteiger partial charge in [0.25, 0.3) is 0 Å². The molecule has 1 atom stereocenters. The highest BCUT2D eigenvalue weighted by Gasteiger charge is 2.28. The van der Waals surface area contributed by atoms with Crippen molar-refractivity contribution >= 4 is 5.91 Å². The lowest BCUT2D eigenvalue weighted by molar-refractivity contribution is -0.122. The third-order valence-corrected chi connectivity index (χ3v) is 4.71. The molecule has 130 valence electrons. The molecule has 1 aliphatic rings. The third kappa shape index (κ3) is 3.45. The van der Waals surface area contributed by atoms with E-state index >= 15 is 0 Å². The number of benzene rings is 2. The number of carbonyl (C=O) groups excluding carboxylic acids is 1. The van der Waals surface area contributed by atoms with Crippen molar-refractivity contribution in [3.8, 4) is 11.6 Å². The fourth-order valence-electron chi connectivity index (χ4n) is 3.39. The summed E-state index contributed by atoms with van der Waals surface area (Å²) in [6, 6.07) is 21.5. The summed E-state index contributed by atoms with van der Waals surface area (Å²) in [6.45, 7) is 0.396. The second-order valence-corrected chi connectivity index (χ2v) is 6.39. The monoisotopic (exact) mass is 344 g/mol. The zero-order valence-electron chi connectivity index (χ0n) is 14.4. The first kappa shape index (κ1) is 16.3. The van der Waals surface area contributed by atoms with Gasteiger partial charge < -0.3 is 10.1 Å². The SMILES string of the molecule is O=C(NCc1cccnc1Oc1ccccc1)[C@H]1CCc2ccccc21. The summed E-state index contributed by atoms with van der Waals surface area (Å²) in [5.41, 5.74) is 3.29.